The van der Waals surface area contributed by atoms with Crippen molar-refractivity contribution >= 4 is 23.1 Å². The number of rotatable bonds is 7. The van der Waals surface area contributed by atoms with E-state index in [-0.39, 0.29) is 5.69 Å². The van der Waals surface area contributed by atoms with E-state index in [1.54, 1.807) is 13.0 Å². The molecule has 6 nitrogen and oxygen atoms in total. The molecule has 0 radical (unpaired) electrons. The lowest BCUT2D eigenvalue weighted by Gasteiger charge is -2.06. The minimum absolute atomic E-state index is 0.257. The van der Waals surface area contributed by atoms with Gasteiger partial charge in [0.05, 0.1) is 0 Å². The molecule has 0 amide bonds. The molecule has 2 N–H and O–H groups in total. The molecule has 0 spiro atoms. The van der Waals surface area contributed by atoms with E-state index in [4.69, 9.17) is 11.6 Å². The number of unbranched alkanes of at least 4 members (excludes halogenated alkanes) is 3. The quantitative estimate of drug-likeness (QED) is 0.601. The number of anilines is 1. The van der Waals surface area contributed by atoms with Crippen LogP contribution in [-0.2, 0) is 0 Å². The van der Waals surface area contributed by atoms with E-state index in [1.807, 2.05) is 0 Å². The van der Waals surface area contributed by atoms with Gasteiger partial charge in [-0.3, -0.25) is 0 Å². The van der Waals surface area contributed by atoms with Crippen LogP contribution >= 0.6 is 11.6 Å². The molecular weight excluding hydrogens is 266 g/mol. The van der Waals surface area contributed by atoms with Crippen LogP contribution in [0.3, 0.4) is 0 Å². The molecule has 19 heavy (non-hydrogen) atoms. The van der Waals surface area contributed by atoms with Crippen LogP contribution in [0.25, 0.3) is 5.65 Å². The number of aromatic nitrogens is 4. The molecule has 104 valence electrons. The normalized spacial score (nSPS) is 11.1. The molecule has 2 heterocycles. The smallest absolute Gasteiger partial charge is 0.349 e. The molecule has 2 aromatic heterocycles. The fourth-order valence-corrected chi connectivity index (χ4v) is 2.17. The summed E-state index contributed by atoms with van der Waals surface area (Å²) in [5.74, 6) is 2.11. The van der Waals surface area contributed by atoms with Crippen LogP contribution in [0.2, 0.25) is 0 Å². The molecule has 0 saturated heterocycles. The minimum atomic E-state index is -0.257. The summed E-state index contributed by atoms with van der Waals surface area (Å²) in [6.45, 7) is 2.65. The Morgan fingerprint density at radius 1 is 1.37 bits per heavy atom. The van der Waals surface area contributed by atoms with Crippen molar-refractivity contribution in [2.45, 2.75) is 32.6 Å². The molecule has 7 heteroatoms. The second-order valence-corrected chi connectivity index (χ2v) is 4.82. The fraction of sp³-hybridized carbons (Fsp3) is 0.583. The Labute approximate surface area is 116 Å². The Morgan fingerprint density at radius 2 is 2.16 bits per heavy atom. The summed E-state index contributed by atoms with van der Waals surface area (Å²) in [7, 11) is 0. The Bertz CT molecular complexity index is 591. The largest absolute Gasteiger partial charge is 0.370 e. The van der Waals surface area contributed by atoms with E-state index < -0.39 is 0 Å². The van der Waals surface area contributed by atoms with Gasteiger partial charge in [-0.15, -0.1) is 11.6 Å². The van der Waals surface area contributed by atoms with Crippen molar-refractivity contribution in [2.24, 2.45) is 0 Å². The Kier molecular flexibility index (Phi) is 4.79. The molecule has 0 aliphatic rings. The molecular formula is C12H18ClN5O. The minimum Gasteiger partial charge on any atom is -0.370 e. The first-order chi connectivity index (χ1) is 9.22. The molecule has 0 aliphatic carbocycles. The zero-order chi connectivity index (χ0) is 13.7. The van der Waals surface area contributed by atoms with E-state index in [1.165, 1.54) is 4.40 Å². The monoisotopic (exact) mass is 283 g/mol. The number of aryl methyl sites for hydroxylation is 1. The molecule has 0 unspecified atom stereocenters. The van der Waals surface area contributed by atoms with Crippen molar-refractivity contribution in [2.75, 3.05) is 17.7 Å². The van der Waals surface area contributed by atoms with Crippen molar-refractivity contribution in [1.82, 2.24) is 19.6 Å². The molecule has 0 fully saturated rings. The summed E-state index contributed by atoms with van der Waals surface area (Å²) < 4.78 is 1.45. The number of aromatic amines is 1. The van der Waals surface area contributed by atoms with Gasteiger partial charge in [-0.05, 0) is 19.8 Å². The van der Waals surface area contributed by atoms with E-state index in [2.05, 4.69) is 20.5 Å². The maximum atomic E-state index is 11.4. The highest BCUT2D eigenvalue weighted by molar-refractivity contribution is 6.17. The number of fused-ring (bicyclic) bond motifs is 1. The highest BCUT2D eigenvalue weighted by Crippen LogP contribution is 2.08. The third kappa shape index (κ3) is 3.47. The fourth-order valence-electron chi connectivity index (χ4n) is 1.98. The van der Waals surface area contributed by atoms with Crippen molar-refractivity contribution in [3.05, 3.63) is 22.4 Å². The average molecular weight is 284 g/mol. The zero-order valence-electron chi connectivity index (χ0n) is 10.9. The summed E-state index contributed by atoms with van der Waals surface area (Å²) in [6.07, 6.45) is 4.46. The van der Waals surface area contributed by atoms with Crippen LogP contribution in [0.15, 0.2) is 10.9 Å². The van der Waals surface area contributed by atoms with Gasteiger partial charge >= 0.3 is 5.69 Å². The number of hydrogen-bond donors (Lipinski definition) is 2. The van der Waals surface area contributed by atoms with Gasteiger partial charge in [0.25, 0.3) is 0 Å². The van der Waals surface area contributed by atoms with Crippen LogP contribution in [0.5, 0.6) is 0 Å². The van der Waals surface area contributed by atoms with E-state index in [0.29, 0.717) is 11.5 Å². The molecule has 0 atom stereocenters. The Hall–Kier alpha value is -1.56. The second-order valence-electron chi connectivity index (χ2n) is 4.44. The highest BCUT2D eigenvalue weighted by atomic mass is 35.5. The van der Waals surface area contributed by atoms with E-state index >= 15 is 0 Å². The van der Waals surface area contributed by atoms with E-state index in [9.17, 15) is 4.79 Å². The topological polar surface area (TPSA) is 75.1 Å². The third-order valence-corrected chi connectivity index (χ3v) is 3.20. The molecule has 2 aromatic rings. The summed E-state index contributed by atoms with van der Waals surface area (Å²) in [6, 6.07) is 1.77. The van der Waals surface area contributed by atoms with Gasteiger partial charge in [-0.25, -0.2) is 19.3 Å². The van der Waals surface area contributed by atoms with Gasteiger partial charge in [0.2, 0.25) is 0 Å². The van der Waals surface area contributed by atoms with Crippen molar-refractivity contribution in [3.8, 4) is 0 Å². The van der Waals surface area contributed by atoms with Crippen molar-refractivity contribution in [3.63, 3.8) is 0 Å². The average Bonchev–Trinajstić information content (AvgIpc) is 2.76. The molecule has 0 aliphatic heterocycles. The Morgan fingerprint density at radius 3 is 2.95 bits per heavy atom. The predicted octanol–water partition coefficient (Wildman–Crippen LogP) is 1.94. The molecule has 0 aromatic carbocycles. The first kappa shape index (κ1) is 13.9. The van der Waals surface area contributed by atoms with Crippen LogP contribution in [0, 0.1) is 6.92 Å². The number of nitrogens with one attached hydrogen (secondary N) is 2. The highest BCUT2D eigenvalue weighted by Gasteiger charge is 2.06. The molecule has 0 saturated carbocycles. The van der Waals surface area contributed by atoms with Crippen LogP contribution in [0.4, 0.5) is 5.82 Å². The zero-order valence-corrected chi connectivity index (χ0v) is 11.7. The van der Waals surface area contributed by atoms with Gasteiger partial charge in [-0.1, -0.05) is 12.8 Å². The summed E-state index contributed by atoms with van der Waals surface area (Å²) in [5, 5.41) is 9.60. The van der Waals surface area contributed by atoms with Gasteiger partial charge < -0.3 is 5.32 Å². The lowest BCUT2D eigenvalue weighted by atomic mass is 10.2. The number of nitrogens with zero attached hydrogens (tertiary/aromatic N) is 3. The van der Waals surface area contributed by atoms with Gasteiger partial charge in [0.15, 0.2) is 5.65 Å². The van der Waals surface area contributed by atoms with Crippen LogP contribution < -0.4 is 11.0 Å². The summed E-state index contributed by atoms with van der Waals surface area (Å²) in [5.41, 5.74) is 0.328. The van der Waals surface area contributed by atoms with Crippen LogP contribution in [-0.4, -0.2) is 32.0 Å². The maximum Gasteiger partial charge on any atom is 0.349 e. The van der Waals surface area contributed by atoms with Crippen molar-refractivity contribution < 1.29 is 0 Å². The lowest BCUT2D eigenvalue weighted by molar-refractivity contribution is 0.686. The van der Waals surface area contributed by atoms with Gasteiger partial charge in [0, 0.05) is 18.5 Å². The molecule has 0 bridgehead atoms. The first-order valence-electron chi connectivity index (χ1n) is 6.47. The number of alkyl halides is 1. The number of H-pyrrole nitrogens is 1. The van der Waals surface area contributed by atoms with Gasteiger partial charge in [0.1, 0.15) is 11.6 Å². The van der Waals surface area contributed by atoms with Gasteiger partial charge in [-0.2, -0.15) is 5.10 Å². The third-order valence-electron chi connectivity index (χ3n) is 2.94. The summed E-state index contributed by atoms with van der Waals surface area (Å²) >= 11 is 5.62. The first-order valence-corrected chi connectivity index (χ1v) is 7.00. The van der Waals surface area contributed by atoms with Crippen molar-refractivity contribution in [1.29, 1.82) is 0 Å². The Balaban J connectivity index is 1.92. The van der Waals surface area contributed by atoms with E-state index in [0.717, 1.165) is 43.9 Å². The SMILES string of the molecule is Cc1nc(NCCCCCCCl)cc2n[nH]c(=O)n12. The number of hydrogen-bond acceptors (Lipinski definition) is 4. The molecule has 2 rings (SSSR count). The summed E-state index contributed by atoms with van der Waals surface area (Å²) in [4.78, 5) is 15.8. The predicted molar refractivity (Wildman–Crippen MR) is 76.0 cm³/mol. The number of halogens is 1. The van der Waals surface area contributed by atoms with Crippen LogP contribution in [0.1, 0.15) is 31.5 Å². The second kappa shape index (κ2) is 6.56. The standard InChI is InChI=1S/C12H18ClN5O/c1-9-15-10(14-7-5-3-2-4-6-13)8-11-16-17-12(19)18(9)11/h8,14H,2-7H2,1H3,(H,17,19). The lowest BCUT2D eigenvalue weighted by Crippen LogP contribution is -2.14. The maximum absolute atomic E-state index is 11.4.